The smallest absolute Gasteiger partial charge is 0.247 e. The highest BCUT2D eigenvalue weighted by Gasteiger charge is 2.23. The van der Waals surface area contributed by atoms with Crippen molar-refractivity contribution in [2.75, 3.05) is 26.3 Å². The van der Waals surface area contributed by atoms with Crippen molar-refractivity contribution < 1.29 is 19.1 Å². The van der Waals surface area contributed by atoms with E-state index in [2.05, 4.69) is 0 Å². The first-order chi connectivity index (χ1) is 14.0. The summed E-state index contributed by atoms with van der Waals surface area (Å²) >= 11 is 1.52. The molecule has 0 N–H and O–H groups in total. The lowest BCUT2D eigenvalue weighted by molar-refractivity contribution is -0.134. The van der Waals surface area contributed by atoms with Crippen molar-refractivity contribution in [3.63, 3.8) is 0 Å². The van der Waals surface area contributed by atoms with Crippen molar-refractivity contribution in [3.8, 4) is 5.75 Å². The third-order valence-corrected chi connectivity index (χ3v) is 5.44. The number of nitrogens with zero attached hydrogens (tertiary/aromatic N) is 1. The van der Waals surface area contributed by atoms with Crippen LogP contribution in [-0.4, -0.2) is 49.0 Å². The predicted molar refractivity (Wildman–Crippen MR) is 114 cm³/mol. The number of thioether (sulfide) groups is 1. The number of benzene rings is 2. The van der Waals surface area contributed by atoms with E-state index < -0.39 is 0 Å². The van der Waals surface area contributed by atoms with Crippen LogP contribution in [0.1, 0.15) is 22.8 Å². The summed E-state index contributed by atoms with van der Waals surface area (Å²) in [6, 6.07) is 15.3. The van der Waals surface area contributed by atoms with Gasteiger partial charge in [0.2, 0.25) is 5.91 Å². The van der Waals surface area contributed by atoms with Crippen molar-refractivity contribution in [2.45, 2.75) is 24.8 Å². The van der Waals surface area contributed by atoms with E-state index in [1.165, 1.54) is 11.8 Å². The molecule has 6 heteroatoms. The maximum atomic E-state index is 12.5. The molecule has 1 amide bonds. The Bertz CT molecular complexity index is 882. The molecule has 1 saturated heterocycles. The fourth-order valence-electron chi connectivity index (χ4n) is 3.11. The van der Waals surface area contributed by atoms with Gasteiger partial charge in [0.25, 0.3) is 0 Å². The summed E-state index contributed by atoms with van der Waals surface area (Å²) in [5.41, 5.74) is 1.58. The van der Waals surface area contributed by atoms with Gasteiger partial charge in [0.15, 0.2) is 5.78 Å². The minimum atomic E-state index is -0.185. The first-order valence-electron chi connectivity index (χ1n) is 9.56. The number of ketones is 1. The Kier molecular flexibility index (Phi) is 7.49. The van der Waals surface area contributed by atoms with Crippen LogP contribution in [0.3, 0.4) is 0 Å². The van der Waals surface area contributed by atoms with Crippen LogP contribution in [0.2, 0.25) is 0 Å². The largest absolute Gasteiger partial charge is 0.491 e. The quantitative estimate of drug-likeness (QED) is 0.390. The summed E-state index contributed by atoms with van der Waals surface area (Å²) in [6.07, 6.45) is 1.42. The molecule has 0 aromatic heterocycles. The lowest BCUT2D eigenvalue weighted by atomic mass is 10.1. The molecule has 1 unspecified atom stereocenters. The predicted octanol–water partition coefficient (Wildman–Crippen LogP) is 4.11. The molecule has 0 aliphatic carbocycles. The summed E-state index contributed by atoms with van der Waals surface area (Å²) in [5, 5.41) is 1.82. The van der Waals surface area contributed by atoms with Crippen LogP contribution in [-0.2, 0) is 9.53 Å². The fraction of sp³-hybridized carbons (Fsp3) is 0.304. The molecule has 5 nitrogen and oxygen atoms in total. The number of rotatable bonds is 7. The van der Waals surface area contributed by atoms with Gasteiger partial charge in [0, 0.05) is 23.1 Å². The van der Waals surface area contributed by atoms with E-state index in [1.54, 1.807) is 30.0 Å². The average molecular weight is 412 g/mol. The molecule has 0 spiro atoms. The zero-order valence-electron chi connectivity index (χ0n) is 16.7. The highest BCUT2D eigenvalue weighted by atomic mass is 32.2. The second-order valence-electron chi connectivity index (χ2n) is 6.85. The highest BCUT2D eigenvalue weighted by Crippen LogP contribution is 2.20. The molecule has 1 fully saturated rings. The van der Waals surface area contributed by atoms with Crippen molar-refractivity contribution in [3.05, 3.63) is 71.1 Å². The molecule has 3 rings (SSSR count). The van der Waals surface area contributed by atoms with Gasteiger partial charge in [-0.1, -0.05) is 30.0 Å². The molecule has 1 aliphatic heterocycles. The minimum absolute atomic E-state index is 0.0246. The zero-order chi connectivity index (χ0) is 20.6. The Morgan fingerprint density at radius 3 is 2.76 bits per heavy atom. The second-order valence-corrected chi connectivity index (χ2v) is 7.83. The van der Waals surface area contributed by atoms with Crippen molar-refractivity contribution in [1.82, 2.24) is 4.90 Å². The van der Waals surface area contributed by atoms with Crippen LogP contribution in [0.25, 0.3) is 0 Å². The monoisotopic (exact) mass is 411 g/mol. The SMILES string of the molecule is CC(=O)c1ccc(OCC2CN(C(=O)/C=C/Sc3ccccc3)CCO2)cc1C. The molecule has 1 atom stereocenters. The number of aryl methyl sites for hydroxylation is 1. The van der Waals surface area contributed by atoms with E-state index in [1.807, 2.05) is 48.7 Å². The minimum Gasteiger partial charge on any atom is -0.491 e. The van der Waals surface area contributed by atoms with Gasteiger partial charge in [-0.15, -0.1) is 0 Å². The van der Waals surface area contributed by atoms with Crippen molar-refractivity contribution in [2.24, 2.45) is 0 Å². The van der Waals surface area contributed by atoms with E-state index in [0.29, 0.717) is 37.6 Å². The van der Waals surface area contributed by atoms with E-state index >= 15 is 0 Å². The van der Waals surface area contributed by atoms with Gasteiger partial charge in [0.1, 0.15) is 18.5 Å². The molecule has 152 valence electrons. The molecule has 2 aromatic rings. The Labute approximate surface area is 175 Å². The number of carbonyl (C=O) groups excluding carboxylic acids is 2. The summed E-state index contributed by atoms with van der Waals surface area (Å²) in [5.74, 6) is 0.708. The lowest BCUT2D eigenvalue weighted by Gasteiger charge is -2.32. The third kappa shape index (κ3) is 6.21. The summed E-state index contributed by atoms with van der Waals surface area (Å²) < 4.78 is 11.6. The summed E-state index contributed by atoms with van der Waals surface area (Å²) in [4.78, 5) is 26.9. The van der Waals surface area contributed by atoms with Crippen LogP contribution in [0.5, 0.6) is 5.75 Å². The number of hydrogen-bond donors (Lipinski definition) is 0. The molecular formula is C23H25NO4S. The Balaban J connectivity index is 1.49. The van der Waals surface area contributed by atoms with Gasteiger partial charge in [0.05, 0.1) is 13.2 Å². The highest BCUT2D eigenvalue weighted by molar-refractivity contribution is 8.02. The summed E-state index contributed by atoms with van der Waals surface area (Å²) in [6.45, 7) is 5.34. The van der Waals surface area contributed by atoms with Gasteiger partial charge in [-0.2, -0.15) is 0 Å². The van der Waals surface area contributed by atoms with Crippen LogP contribution in [0.4, 0.5) is 0 Å². The van der Waals surface area contributed by atoms with Gasteiger partial charge in [-0.25, -0.2) is 0 Å². The van der Waals surface area contributed by atoms with Gasteiger partial charge in [-0.05, 0) is 55.2 Å². The fourth-order valence-corrected chi connectivity index (χ4v) is 3.76. The number of morpholine rings is 1. The van der Waals surface area contributed by atoms with E-state index in [4.69, 9.17) is 9.47 Å². The van der Waals surface area contributed by atoms with Gasteiger partial charge in [-0.3, -0.25) is 9.59 Å². The van der Waals surface area contributed by atoms with Crippen LogP contribution < -0.4 is 4.74 Å². The maximum absolute atomic E-state index is 12.5. The number of amides is 1. The third-order valence-electron chi connectivity index (χ3n) is 4.62. The molecule has 1 heterocycles. The van der Waals surface area contributed by atoms with Crippen LogP contribution >= 0.6 is 11.8 Å². The standard InChI is InChI=1S/C23H25NO4S/c1-17-14-19(8-9-22(17)18(2)25)28-16-20-15-24(11-12-27-20)23(26)10-13-29-21-6-4-3-5-7-21/h3-10,13-14,20H,11-12,15-16H2,1-2H3/b13-10+. The zero-order valence-corrected chi connectivity index (χ0v) is 17.5. The van der Waals surface area contributed by atoms with Crippen molar-refractivity contribution >= 4 is 23.5 Å². The number of Topliss-reactive ketones (excluding diaryl/α,β-unsaturated/α-hetero) is 1. The maximum Gasteiger partial charge on any atom is 0.247 e. The van der Waals surface area contributed by atoms with Gasteiger partial charge < -0.3 is 14.4 Å². The number of hydrogen-bond acceptors (Lipinski definition) is 5. The molecule has 0 radical (unpaired) electrons. The van der Waals surface area contributed by atoms with Crippen LogP contribution in [0, 0.1) is 6.92 Å². The average Bonchev–Trinajstić information content (AvgIpc) is 2.73. The Morgan fingerprint density at radius 2 is 2.03 bits per heavy atom. The molecule has 1 aliphatic rings. The normalized spacial score (nSPS) is 16.8. The Hall–Kier alpha value is -2.57. The molecule has 0 saturated carbocycles. The van der Waals surface area contributed by atoms with E-state index in [-0.39, 0.29) is 17.8 Å². The first-order valence-corrected chi connectivity index (χ1v) is 10.4. The lowest BCUT2D eigenvalue weighted by Crippen LogP contribution is -2.47. The van der Waals surface area contributed by atoms with E-state index in [0.717, 1.165) is 10.5 Å². The van der Waals surface area contributed by atoms with Crippen molar-refractivity contribution in [1.29, 1.82) is 0 Å². The molecular weight excluding hydrogens is 386 g/mol. The molecule has 29 heavy (non-hydrogen) atoms. The Morgan fingerprint density at radius 1 is 1.24 bits per heavy atom. The first kappa shape index (κ1) is 21.1. The second kappa shape index (κ2) is 10.3. The topological polar surface area (TPSA) is 55.8 Å². The van der Waals surface area contributed by atoms with Gasteiger partial charge >= 0.3 is 0 Å². The number of carbonyl (C=O) groups is 2. The molecule has 2 aromatic carbocycles. The van der Waals surface area contributed by atoms with Crippen LogP contribution in [0.15, 0.2) is 64.9 Å². The summed E-state index contributed by atoms with van der Waals surface area (Å²) in [7, 11) is 0. The number of ether oxygens (including phenoxy) is 2. The molecule has 0 bridgehead atoms. The van der Waals surface area contributed by atoms with E-state index in [9.17, 15) is 9.59 Å².